The van der Waals surface area contributed by atoms with Crippen LogP contribution in [-0.2, 0) is 4.74 Å². The van der Waals surface area contributed by atoms with Crippen LogP contribution >= 0.6 is 0 Å². The minimum absolute atomic E-state index is 0.193. The Morgan fingerprint density at radius 3 is 3.09 bits per heavy atom. The standard InChI is InChI=1S/C9H17NO/c1-3-10-6-8-4-5-9(2,7-10)11-8/h8H,3-7H2,1-2H3/t8-,9+/m1/s1. The molecule has 0 aromatic rings. The van der Waals surface area contributed by atoms with Crippen LogP contribution in [0.25, 0.3) is 0 Å². The molecule has 0 amide bonds. The van der Waals surface area contributed by atoms with Crippen LogP contribution in [-0.4, -0.2) is 36.2 Å². The van der Waals surface area contributed by atoms with Crippen LogP contribution in [0.15, 0.2) is 0 Å². The van der Waals surface area contributed by atoms with Crippen LogP contribution in [0.1, 0.15) is 26.7 Å². The highest BCUT2D eigenvalue weighted by Crippen LogP contribution is 2.34. The average Bonchev–Trinajstić information content (AvgIpc) is 2.25. The number of hydrogen-bond donors (Lipinski definition) is 0. The molecule has 2 bridgehead atoms. The van der Waals surface area contributed by atoms with Crippen molar-refractivity contribution < 1.29 is 4.74 Å². The molecule has 0 unspecified atom stereocenters. The smallest absolute Gasteiger partial charge is 0.0786 e. The number of rotatable bonds is 1. The number of ether oxygens (including phenoxy) is 1. The number of morpholine rings is 1. The predicted molar refractivity (Wildman–Crippen MR) is 44.6 cm³/mol. The number of nitrogens with zero attached hydrogens (tertiary/aromatic N) is 1. The summed E-state index contributed by atoms with van der Waals surface area (Å²) in [6, 6.07) is 0. The van der Waals surface area contributed by atoms with Crippen LogP contribution in [0.2, 0.25) is 0 Å². The van der Waals surface area contributed by atoms with Gasteiger partial charge in [0.25, 0.3) is 0 Å². The molecular weight excluding hydrogens is 138 g/mol. The second-order valence-electron chi connectivity index (χ2n) is 4.06. The Morgan fingerprint density at radius 1 is 1.64 bits per heavy atom. The molecule has 0 spiro atoms. The highest BCUT2D eigenvalue weighted by molar-refractivity contribution is 4.93. The Balaban J connectivity index is 2.06. The topological polar surface area (TPSA) is 12.5 Å². The zero-order valence-electron chi connectivity index (χ0n) is 7.47. The lowest BCUT2D eigenvalue weighted by Crippen LogP contribution is -2.48. The maximum absolute atomic E-state index is 5.88. The summed E-state index contributed by atoms with van der Waals surface area (Å²) in [5, 5.41) is 0. The number of hydrogen-bond acceptors (Lipinski definition) is 2. The van der Waals surface area contributed by atoms with Gasteiger partial charge in [-0.1, -0.05) is 6.92 Å². The Bertz CT molecular complexity index is 160. The quantitative estimate of drug-likeness (QED) is 0.565. The summed E-state index contributed by atoms with van der Waals surface area (Å²) in [5.74, 6) is 0. The first-order valence-corrected chi connectivity index (χ1v) is 4.62. The Hall–Kier alpha value is -0.0800. The largest absolute Gasteiger partial charge is 0.369 e. The molecule has 0 saturated carbocycles. The van der Waals surface area contributed by atoms with Gasteiger partial charge in [0.2, 0.25) is 0 Å². The van der Waals surface area contributed by atoms with Gasteiger partial charge in [-0.2, -0.15) is 0 Å². The molecule has 2 saturated heterocycles. The molecule has 2 atom stereocenters. The fraction of sp³-hybridized carbons (Fsp3) is 1.00. The highest BCUT2D eigenvalue weighted by atomic mass is 16.5. The Labute approximate surface area is 68.5 Å². The third-order valence-electron chi connectivity index (χ3n) is 2.91. The van der Waals surface area contributed by atoms with Gasteiger partial charge in [-0.15, -0.1) is 0 Å². The van der Waals surface area contributed by atoms with Crippen molar-refractivity contribution in [2.45, 2.75) is 38.4 Å². The normalized spacial score (nSPS) is 44.7. The molecule has 0 aromatic heterocycles. The van der Waals surface area contributed by atoms with E-state index in [2.05, 4.69) is 18.7 Å². The van der Waals surface area contributed by atoms with Crippen LogP contribution in [0.4, 0.5) is 0 Å². The maximum Gasteiger partial charge on any atom is 0.0786 e. The van der Waals surface area contributed by atoms with Crippen molar-refractivity contribution in [3.05, 3.63) is 0 Å². The summed E-state index contributed by atoms with van der Waals surface area (Å²) in [7, 11) is 0. The van der Waals surface area contributed by atoms with Crippen LogP contribution in [0.3, 0.4) is 0 Å². The molecule has 0 radical (unpaired) electrons. The van der Waals surface area contributed by atoms with Gasteiger partial charge >= 0.3 is 0 Å². The van der Waals surface area contributed by atoms with Crippen molar-refractivity contribution in [1.29, 1.82) is 0 Å². The van der Waals surface area contributed by atoms with E-state index in [-0.39, 0.29) is 5.60 Å². The molecule has 11 heavy (non-hydrogen) atoms. The van der Waals surface area contributed by atoms with Crippen molar-refractivity contribution in [3.8, 4) is 0 Å². The minimum Gasteiger partial charge on any atom is -0.369 e. The zero-order chi connectivity index (χ0) is 7.90. The van der Waals surface area contributed by atoms with Gasteiger partial charge in [0, 0.05) is 13.1 Å². The summed E-state index contributed by atoms with van der Waals surface area (Å²) >= 11 is 0. The van der Waals surface area contributed by atoms with Crippen LogP contribution in [0, 0.1) is 0 Å². The molecule has 0 N–H and O–H groups in total. The van der Waals surface area contributed by atoms with Gasteiger partial charge in [-0.3, -0.25) is 4.90 Å². The van der Waals surface area contributed by atoms with Crippen molar-refractivity contribution >= 4 is 0 Å². The summed E-state index contributed by atoms with van der Waals surface area (Å²) in [6.07, 6.45) is 3.06. The molecule has 2 fully saturated rings. The van der Waals surface area contributed by atoms with E-state index in [1.807, 2.05) is 0 Å². The molecular formula is C9H17NO. The summed E-state index contributed by atoms with van der Waals surface area (Å²) in [4.78, 5) is 2.50. The Morgan fingerprint density at radius 2 is 2.45 bits per heavy atom. The zero-order valence-corrected chi connectivity index (χ0v) is 7.47. The van der Waals surface area contributed by atoms with Crippen molar-refractivity contribution in [3.63, 3.8) is 0 Å². The molecule has 0 aromatic carbocycles. The molecule has 0 aliphatic carbocycles. The molecule has 2 heterocycles. The van der Waals surface area contributed by atoms with Gasteiger partial charge in [0.1, 0.15) is 0 Å². The van der Waals surface area contributed by atoms with Crippen LogP contribution < -0.4 is 0 Å². The van der Waals surface area contributed by atoms with Crippen molar-refractivity contribution in [1.82, 2.24) is 4.90 Å². The molecule has 2 aliphatic heterocycles. The second kappa shape index (κ2) is 2.46. The maximum atomic E-state index is 5.88. The van der Waals surface area contributed by atoms with E-state index in [1.54, 1.807) is 0 Å². The van der Waals surface area contributed by atoms with Gasteiger partial charge < -0.3 is 4.74 Å². The van der Waals surface area contributed by atoms with E-state index in [0.29, 0.717) is 6.10 Å². The SMILES string of the molecule is CCN1C[C@H]2CC[C@@](C)(C1)O2. The fourth-order valence-corrected chi connectivity index (χ4v) is 2.30. The van der Waals surface area contributed by atoms with Gasteiger partial charge in [-0.05, 0) is 26.3 Å². The van der Waals surface area contributed by atoms with E-state index in [1.165, 1.54) is 19.4 Å². The molecule has 2 rings (SSSR count). The number of likely N-dealkylation sites (tertiary alicyclic amines) is 1. The van der Waals surface area contributed by atoms with Gasteiger partial charge in [-0.25, -0.2) is 0 Å². The third-order valence-corrected chi connectivity index (χ3v) is 2.91. The average molecular weight is 155 g/mol. The van der Waals surface area contributed by atoms with E-state index < -0.39 is 0 Å². The summed E-state index contributed by atoms with van der Waals surface area (Å²) in [5.41, 5.74) is 0.193. The minimum atomic E-state index is 0.193. The Kier molecular flexibility index (Phi) is 1.69. The van der Waals surface area contributed by atoms with Crippen LogP contribution in [0.5, 0.6) is 0 Å². The van der Waals surface area contributed by atoms with E-state index in [4.69, 9.17) is 4.74 Å². The van der Waals surface area contributed by atoms with Crippen molar-refractivity contribution in [2.75, 3.05) is 19.6 Å². The van der Waals surface area contributed by atoms with Gasteiger partial charge in [0.15, 0.2) is 0 Å². The monoisotopic (exact) mass is 155 g/mol. The summed E-state index contributed by atoms with van der Waals surface area (Å²) < 4.78 is 5.88. The number of likely N-dealkylation sites (N-methyl/N-ethyl adjacent to an activating group) is 1. The first kappa shape index (κ1) is 7.56. The first-order valence-electron chi connectivity index (χ1n) is 4.62. The second-order valence-corrected chi connectivity index (χ2v) is 4.06. The lowest BCUT2D eigenvalue weighted by atomic mass is 10.0. The first-order chi connectivity index (χ1) is 5.22. The predicted octanol–water partition coefficient (Wildman–Crippen LogP) is 1.26. The third kappa shape index (κ3) is 1.30. The van der Waals surface area contributed by atoms with E-state index in [0.717, 1.165) is 13.1 Å². The van der Waals surface area contributed by atoms with E-state index >= 15 is 0 Å². The fourth-order valence-electron chi connectivity index (χ4n) is 2.30. The van der Waals surface area contributed by atoms with E-state index in [9.17, 15) is 0 Å². The molecule has 2 heteroatoms. The van der Waals surface area contributed by atoms with Crippen molar-refractivity contribution in [2.24, 2.45) is 0 Å². The molecule has 64 valence electrons. The lowest BCUT2D eigenvalue weighted by molar-refractivity contribution is -0.0970. The highest BCUT2D eigenvalue weighted by Gasteiger charge is 2.41. The summed E-state index contributed by atoms with van der Waals surface area (Å²) in [6.45, 7) is 7.95. The molecule has 2 aliphatic rings. The van der Waals surface area contributed by atoms with Gasteiger partial charge in [0.05, 0.1) is 11.7 Å². The lowest BCUT2D eigenvalue weighted by Gasteiger charge is -2.37. The number of fused-ring (bicyclic) bond motifs is 2. The molecule has 2 nitrogen and oxygen atoms in total.